The summed E-state index contributed by atoms with van der Waals surface area (Å²) in [7, 11) is -10.3. The summed E-state index contributed by atoms with van der Waals surface area (Å²) in [6.07, 6.45) is 0. The molecular formula is C14H42O5Si6. The first kappa shape index (κ1) is 26.1. The van der Waals surface area contributed by atoms with Gasteiger partial charge in [0.15, 0.2) is 16.6 Å². The molecule has 1 fully saturated rings. The number of hydrogen-bond acceptors (Lipinski definition) is 5. The summed E-state index contributed by atoms with van der Waals surface area (Å²) >= 11 is 0. The lowest BCUT2D eigenvalue weighted by Crippen LogP contribution is -2.64. The molecule has 0 saturated carbocycles. The molecule has 0 amide bonds. The van der Waals surface area contributed by atoms with E-state index in [9.17, 15) is 0 Å². The quantitative estimate of drug-likeness (QED) is 0.517. The monoisotopic (exact) mass is 458 g/mol. The maximum atomic E-state index is 6.09. The van der Waals surface area contributed by atoms with Gasteiger partial charge in [-0.15, -0.1) is 0 Å². The fourth-order valence-electron chi connectivity index (χ4n) is 3.33. The number of rotatable bonds is 4. The Labute approximate surface area is 163 Å². The van der Waals surface area contributed by atoms with E-state index in [1.807, 2.05) is 0 Å². The van der Waals surface area contributed by atoms with Crippen molar-refractivity contribution < 1.29 is 20.6 Å². The molecular weight excluding hydrogens is 417 g/mol. The zero-order valence-electron chi connectivity index (χ0n) is 19.0. The van der Waals surface area contributed by atoms with Crippen LogP contribution in [0.1, 0.15) is 0 Å². The highest BCUT2D eigenvalue weighted by molar-refractivity contribution is 6.92. The standard InChI is InChI=1S/C8H24O2Si3.C6H18O3Si3/c1-11(2,3)9-13(7,8)10-12(4,5)6;1-10(2)7-11(3,4)9-12(5,6)8-10/h1-8H3;1-6H3. The summed E-state index contributed by atoms with van der Waals surface area (Å²) in [6.45, 7) is 30.2. The smallest absolute Gasteiger partial charge is 0.314 e. The fourth-order valence-corrected chi connectivity index (χ4v) is 31.5. The second-order valence-corrected chi connectivity index (χ2v) is 34.1. The molecule has 0 spiro atoms. The molecule has 152 valence electrons. The molecule has 1 heterocycles. The maximum absolute atomic E-state index is 6.09. The van der Waals surface area contributed by atoms with E-state index in [4.69, 9.17) is 20.6 Å². The van der Waals surface area contributed by atoms with Crippen LogP contribution in [0.5, 0.6) is 0 Å². The van der Waals surface area contributed by atoms with Crippen molar-refractivity contribution in [3.63, 3.8) is 0 Å². The van der Waals surface area contributed by atoms with Gasteiger partial charge >= 0.3 is 34.2 Å². The van der Waals surface area contributed by atoms with Gasteiger partial charge < -0.3 is 20.6 Å². The molecule has 0 aromatic heterocycles. The largest absolute Gasteiger partial charge is 0.437 e. The van der Waals surface area contributed by atoms with Gasteiger partial charge in [0.1, 0.15) is 0 Å². The van der Waals surface area contributed by atoms with Crippen molar-refractivity contribution in [3.05, 3.63) is 0 Å². The molecule has 1 rings (SSSR count). The van der Waals surface area contributed by atoms with Crippen LogP contribution in [0.15, 0.2) is 0 Å². The van der Waals surface area contributed by atoms with Gasteiger partial charge in [0, 0.05) is 0 Å². The van der Waals surface area contributed by atoms with Crippen molar-refractivity contribution in [1.29, 1.82) is 0 Å². The second kappa shape index (κ2) is 8.23. The fraction of sp³-hybridized carbons (Fsp3) is 1.00. The Balaban J connectivity index is 0.000000462. The van der Waals surface area contributed by atoms with Crippen LogP contribution in [0.4, 0.5) is 0 Å². The topological polar surface area (TPSA) is 46.2 Å². The molecule has 1 aliphatic rings. The minimum absolute atomic E-state index is 1.43. The summed E-state index contributed by atoms with van der Waals surface area (Å²) in [5, 5.41) is 0. The summed E-state index contributed by atoms with van der Waals surface area (Å²) in [6, 6.07) is 0. The molecule has 0 aliphatic carbocycles. The van der Waals surface area contributed by atoms with Crippen LogP contribution >= 0.6 is 0 Å². The molecule has 1 aliphatic heterocycles. The molecule has 1 saturated heterocycles. The van der Waals surface area contributed by atoms with Crippen LogP contribution in [0.25, 0.3) is 0 Å². The van der Waals surface area contributed by atoms with E-state index in [0.29, 0.717) is 0 Å². The Kier molecular flexibility index (Phi) is 8.59. The first-order valence-electron chi connectivity index (χ1n) is 9.04. The van der Waals surface area contributed by atoms with Crippen molar-refractivity contribution in [2.45, 2.75) is 91.7 Å². The average Bonchev–Trinajstić information content (AvgIpc) is 1.97. The van der Waals surface area contributed by atoms with Gasteiger partial charge in [-0.3, -0.25) is 0 Å². The Bertz CT molecular complexity index is 377. The first-order chi connectivity index (χ1) is 10.5. The molecule has 5 nitrogen and oxygen atoms in total. The van der Waals surface area contributed by atoms with Gasteiger partial charge in [-0.25, -0.2) is 0 Å². The van der Waals surface area contributed by atoms with E-state index >= 15 is 0 Å². The van der Waals surface area contributed by atoms with Gasteiger partial charge in [-0.1, -0.05) is 0 Å². The molecule has 25 heavy (non-hydrogen) atoms. The van der Waals surface area contributed by atoms with Crippen molar-refractivity contribution in [2.24, 2.45) is 0 Å². The van der Waals surface area contributed by atoms with Crippen molar-refractivity contribution in [2.75, 3.05) is 0 Å². The molecule has 0 aromatic carbocycles. The van der Waals surface area contributed by atoms with Gasteiger partial charge in [0.25, 0.3) is 0 Å². The zero-order chi connectivity index (χ0) is 20.5. The SMILES string of the molecule is C[Si](C)(C)O[Si](C)(C)O[Si](C)(C)C.C[Si]1(C)O[Si](C)(C)O[Si](C)(C)O1. The highest BCUT2D eigenvalue weighted by atomic mass is 28.5. The predicted octanol–water partition coefficient (Wildman–Crippen LogP) is 5.55. The summed E-state index contributed by atoms with van der Waals surface area (Å²) in [4.78, 5) is 0. The minimum atomic E-state index is -1.86. The van der Waals surface area contributed by atoms with E-state index in [2.05, 4.69) is 91.7 Å². The second-order valence-electron chi connectivity index (χ2n) is 10.3. The molecule has 0 unspecified atom stereocenters. The van der Waals surface area contributed by atoms with E-state index in [1.165, 1.54) is 0 Å². The molecule has 0 atom stereocenters. The van der Waals surface area contributed by atoms with Gasteiger partial charge in [0.2, 0.25) is 0 Å². The Morgan fingerprint density at radius 1 is 0.480 bits per heavy atom. The van der Waals surface area contributed by atoms with E-state index in [1.54, 1.807) is 0 Å². The van der Waals surface area contributed by atoms with Crippen LogP contribution in [-0.4, -0.2) is 50.9 Å². The average molecular weight is 459 g/mol. The molecule has 0 N–H and O–H groups in total. The number of hydrogen-bond donors (Lipinski definition) is 0. The van der Waals surface area contributed by atoms with Gasteiger partial charge in [-0.2, -0.15) is 0 Å². The van der Waals surface area contributed by atoms with Crippen LogP contribution < -0.4 is 0 Å². The molecule has 0 bridgehead atoms. The Morgan fingerprint density at radius 3 is 0.840 bits per heavy atom. The Hall–Kier alpha value is 1.10. The lowest BCUT2D eigenvalue weighted by atomic mass is 11.8. The lowest BCUT2D eigenvalue weighted by Gasteiger charge is -2.46. The first-order valence-corrected chi connectivity index (χ1v) is 27.1. The molecule has 0 radical (unpaired) electrons. The van der Waals surface area contributed by atoms with Crippen LogP contribution in [0, 0.1) is 0 Å². The van der Waals surface area contributed by atoms with Crippen molar-refractivity contribution in [1.82, 2.24) is 0 Å². The van der Waals surface area contributed by atoms with Crippen LogP contribution in [-0.2, 0) is 20.6 Å². The summed E-state index contributed by atoms with van der Waals surface area (Å²) < 4.78 is 29.8. The van der Waals surface area contributed by atoms with Gasteiger partial charge in [0.05, 0.1) is 0 Å². The summed E-state index contributed by atoms with van der Waals surface area (Å²) in [5.41, 5.74) is 0. The highest BCUT2D eigenvalue weighted by Crippen LogP contribution is 2.29. The zero-order valence-corrected chi connectivity index (χ0v) is 25.0. The maximum Gasteiger partial charge on any atom is 0.314 e. The van der Waals surface area contributed by atoms with Crippen molar-refractivity contribution >= 4 is 50.9 Å². The highest BCUT2D eigenvalue weighted by Gasteiger charge is 2.50. The van der Waals surface area contributed by atoms with Crippen LogP contribution in [0.2, 0.25) is 91.7 Å². The van der Waals surface area contributed by atoms with E-state index in [-0.39, 0.29) is 0 Å². The predicted molar refractivity (Wildman–Crippen MR) is 122 cm³/mol. The Morgan fingerprint density at radius 2 is 0.680 bits per heavy atom. The third kappa shape index (κ3) is 13.8. The minimum Gasteiger partial charge on any atom is -0.437 e. The van der Waals surface area contributed by atoms with E-state index in [0.717, 1.165) is 0 Å². The molecule has 11 heteroatoms. The molecule has 0 aromatic rings. The normalized spacial score (nSPS) is 22.8. The van der Waals surface area contributed by atoms with Gasteiger partial charge in [-0.05, 0) is 91.7 Å². The van der Waals surface area contributed by atoms with E-state index < -0.39 is 50.9 Å². The third-order valence-corrected chi connectivity index (χ3v) is 23.2. The lowest BCUT2D eigenvalue weighted by molar-refractivity contribution is 0.238. The van der Waals surface area contributed by atoms with Crippen molar-refractivity contribution in [3.8, 4) is 0 Å². The van der Waals surface area contributed by atoms with Crippen LogP contribution in [0.3, 0.4) is 0 Å². The third-order valence-electron chi connectivity index (χ3n) is 2.58. The summed E-state index contributed by atoms with van der Waals surface area (Å²) in [5.74, 6) is 0.